The Bertz CT molecular complexity index is 1060. The van der Waals surface area contributed by atoms with E-state index in [-0.39, 0.29) is 36.4 Å². The van der Waals surface area contributed by atoms with Gasteiger partial charge in [0.25, 0.3) is 0 Å². The Morgan fingerprint density at radius 3 is 2.54 bits per heavy atom. The van der Waals surface area contributed by atoms with Gasteiger partial charge in [-0.25, -0.2) is 0 Å². The van der Waals surface area contributed by atoms with Crippen molar-refractivity contribution in [3.05, 3.63) is 69.7 Å². The molecular formula is C27H32Cl2N2O4. The van der Waals surface area contributed by atoms with Crippen molar-refractivity contribution in [3.63, 3.8) is 0 Å². The molecule has 0 aromatic heterocycles. The number of benzene rings is 2. The normalized spacial score (nSPS) is 28.1. The van der Waals surface area contributed by atoms with E-state index in [1.807, 2.05) is 60.4 Å². The minimum absolute atomic E-state index is 0.154. The molecule has 8 heteroatoms. The van der Waals surface area contributed by atoms with Gasteiger partial charge in [-0.3, -0.25) is 9.59 Å². The van der Waals surface area contributed by atoms with Crippen LogP contribution in [0.3, 0.4) is 0 Å². The molecule has 0 aliphatic carbocycles. The van der Waals surface area contributed by atoms with Crippen LogP contribution < -0.4 is 5.32 Å². The highest BCUT2D eigenvalue weighted by molar-refractivity contribution is 6.30. The Labute approximate surface area is 216 Å². The van der Waals surface area contributed by atoms with Gasteiger partial charge < -0.3 is 20.1 Å². The van der Waals surface area contributed by atoms with E-state index in [1.54, 1.807) is 6.92 Å². The van der Waals surface area contributed by atoms with E-state index in [4.69, 9.17) is 27.9 Å². The molecule has 188 valence electrons. The van der Waals surface area contributed by atoms with Gasteiger partial charge in [0.15, 0.2) is 0 Å². The number of carboxylic acid groups (broad SMARTS) is 1. The lowest BCUT2D eigenvalue weighted by molar-refractivity contribution is -0.165. The van der Waals surface area contributed by atoms with Crippen LogP contribution in [0.15, 0.2) is 48.5 Å². The second-order valence-corrected chi connectivity index (χ2v) is 10.7. The number of hydrogen-bond donors (Lipinski definition) is 2. The molecule has 6 nitrogen and oxygen atoms in total. The predicted molar refractivity (Wildman–Crippen MR) is 137 cm³/mol. The van der Waals surface area contributed by atoms with Gasteiger partial charge in [-0.05, 0) is 48.2 Å². The van der Waals surface area contributed by atoms with Crippen LogP contribution in [0.1, 0.15) is 56.2 Å². The third kappa shape index (κ3) is 5.51. The Morgan fingerprint density at radius 1 is 1.20 bits per heavy atom. The lowest BCUT2D eigenvalue weighted by Crippen LogP contribution is -2.61. The number of carbonyl (C=O) groups is 2. The van der Waals surface area contributed by atoms with Gasteiger partial charge in [0, 0.05) is 29.1 Å². The van der Waals surface area contributed by atoms with Gasteiger partial charge in [0.1, 0.15) is 0 Å². The van der Waals surface area contributed by atoms with E-state index < -0.39 is 11.4 Å². The van der Waals surface area contributed by atoms with Crippen molar-refractivity contribution in [1.82, 2.24) is 10.2 Å². The van der Waals surface area contributed by atoms with Crippen LogP contribution in [0.4, 0.5) is 0 Å². The predicted octanol–water partition coefficient (Wildman–Crippen LogP) is 5.30. The van der Waals surface area contributed by atoms with E-state index in [2.05, 4.69) is 5.32 Å². The number of amides is 1. The highest BCUT2D eigenvalue weighted by Crippen LogP contribution is 2.52. The molecule has 2 aliphatic heterocycles. The number of nitrogens with zero attached hydrogens (tertiary/aromatic N) is 1. The quantitative estimate of drug-likeness (QED) is 0.519. The monoisotopic (exact) mass is 518 g/mol. The van der Waals surface area contributed by atoms with E-state index in [1.165, 1.54) is 0 Å². The van der Waals surface area contributed by atoms with Crippen LogP contribution >= 0.6 is 23.2 Å². The molecule has 1 unspecified atom stereocenters. The minimum atomic E-state index is -1.07. The van der Waals surface area contributed by atoms with E-state index in [9.17, 15) is 14.7 Å². The maximum absolute atomic E-state index is 14.3. The average molecular weight is 519 g/mol. The molecule has 2 aliphatic rings. The summed E-state index contributed by atoms with van der Waals surface area (Å²) in [6.07, 6.45) is 0.628. The third-order valence-corrected chi connectivity index (χ3v) is 7.78. The van der Waals surface area contributed by atoms with Gasteiger partial charge in [-0.2, -0.15) is 0 Å². The van der Waals surface area contributed by atoms with Gasteiger partial charge in [0.05, 0.1) is 36.6 Å². The molecule has 2 aromatic rings. The first-order valence-electron chi connectivity index (χ1n) is 12.1. The van der Waals surface area contributed by atoms with E-state index in [0.717, 1.165) is 17.7 Å². The maximum atomic E-state index is 14.3. The summed E-state index contributed by atoms with van der Waals surface area (Å²) in [5, 5.41) is 14.3. The molecule has 2 heterocycles. The third-order valence-electron chi connectivity index (χ3n) is 7.29. The Morgan fingerprint density at radius 2 is 1.94 bits per heavy atom. The standard InChI is InChI=1S/C27H32Cl2N2O4/c1-3-22(23-16-30-11-12-35-23)31-25(17-7-9-19(28)10-8-17)21(18-5-4-6-20(29)13-18)14-27(2,26(31)34)15-24(32)33/h4-10,13,21-23,25,30H,3,11-12,14-16H2,1-2H3,(H,32,33)/t21-,22?,23-,25-,27-/m1/s1. The van der Waals surface area contributed by atoms with Crippen molar-refractivity contribution in [2.24, 2.45) is 5.41 Å². The number of likely N-dealkylation sites (tertiary alicyclic amines) is 1. The Kier molecular flexibility index (Phi) is 8.06. The molecule has 35 heavy (non-hydrogen) atoms. The molecule has 2 aromatic carbocycles. The van der Waals surface area contributed by atoms with Crippen molar-refractivity contribution in [2.45, 2.75) is 57.2 Å². The molecule has 0 bridgehead atoms. The van der Waals surface area contributed by atoms with Crippen LogP contribution in [0.25, 0.3) is 0 Å². The first kappa shape index (κ1) is 26.0. The number of carbonyl (C=O) groups excluding carboxylic acids is 1. The number of hydrogen-bond acceptors (Lipinski definition) is 4. The van der Waals surface area contributed by atoms with Crippen LogP contribution in [0.5, 0.6) is 0 Å². The first-order chi connectivity index (χ1) is 16.7. The molecule has 2 fully saturated rings. The summed E-state index contributed by atoms with van der Waals surface area (Å²) < 4.78 is 6.13. The number of rotatable bonds is 7. The molecule has 2 saturated heterocycles. The van der Waals surface area contributed by atoms with Crippen LogP contribution in [-0.4, -0.2) is 53.7 Å². The fourth-order valence-electron chi connectivity index (χ4n) is 5.72. The fourth-order valence-corrected chi connectivity index (χ4v) is 6.04. The second-order valence-electron chi connectivity index (χ2n) is 9.79. The Balaban J connectivity index is 1.89. The number of halogens is 2. The largest absolute Gasteiger partial charge is 0.481 e. The molecule has 2 N–H and O–H groups in total. The lowest BCUT2D eigenvalue weighted by Gasteiger charge is -2.53. The highest BCUT2D eigenvalue weighted by atomic mass is 35.5. The van der Waals surface area contributed by atoms with Crippen LogP contribution in [0.2, 0.25) is 10.0 Å². The van der Waals surface area contributed by atoms with Gasteiger partial charge in [-0.15, -0.1) is 0 Å². The molecule has 0 saturated carbocycles. The molecule has 0 spiro atoms. The van der Waals surface area contributed by atoms with Crippen molar-refractivity contribution in [1.29, 1.82) is 0 Å². The Hall–Kier alpha value is -2.12. The number of ether oxygens (including phenoxy) is 1. The summed E-state index contributed by atoms with van der Waals surface area (Å²) >= 11 is 12.6. The molecule has 5 atom stereocenters. The van der Waals surface area contributed by atoms with Crippen LogP contribution in [-0.2, 0) is 14.3 Å². The fraction of sp³-hybridized carbons (Fsp3) is 0.481. The number of aliphatic carboxylic acids is 1. The smallest absolute Gasteiger partial charge is 0.304 e. The topological polar surface area (TPSA) is 78.9 Å². The summed E-state index contributed by atoms with van der Waals surface area (Å²) in [7, 11) is 0. The van der Waals surface area contributed by atoms with Crippen molar-refractivity contribution >= 4 is 35.1 Å². The summed E-state index contributed by atoms with van der Waals surface area (Å²) in [6, 6.07) is 14.7. The zero-order chi connectivity index (χ0) is 25.2. The summed E-state index contributed by atoms with van der Waals surface area (Å²) in [6.45, 7) is 5.79. The number of morpholine rings is 1. The van der Waals surface area contributed by atoms with Gasteiger partial charge in [-0.1, -0.05) is 61.3 Å². The average Bonchev–Trinajstić information content (AvgIpc) is 2.83. The number of nitrogens with one attached hydrogen (secondary N) is 1. The minimum Gasteiger partial charge on any atom is -0.481 e. The second kappa shape index (κ2) is 10.9. The van der Waals surface area contributed by atoms with Crippen molar-refractivity contribution < 1.29 is 19.4 Å². The maximum Gasteiger partial charge on any atom is 0.304 e. The van der Waals surface area contributed by atoms with Gasteiger partial charge >= 0.3 is 5.97 Å². The number of piperidine rings is 1. The van der Waals surface area contributed by atoms with E-state index in [0.29, 0.717) is 36.0 Å². The summed E-state index contributed by atoms with van der Waals surface area (Å²) in [4.78, 5) is 28.1. The summed E-state index contributed by atoms with van der Waals surface area (Å²) in [5.74, 6) is -1.30. The zero-order valence-electron chi connectivity index (χ0n) is 20.0. The lowest BCUT2D eigenvalue weighted by atomic mass is 9.66. The molecular weight excluding hydrogens is 487 g/mol. The van der Waals surface area contributed by atoms with Crippen molar-refractivity contribution in [3.8, 4) is 0 Å². The molecule has 4 rings (SSSR count). The van der Waals surface area contributed by atoms with E-state index >= 15 is 0 Å². The zero-order valence-corrected chi connectivity index (χ0v) is 21.6. The van der Waals surface area contributed by atoms with Crippen LogP contribution in [0, 0.1) is 5.41 Å². The number of carboxylic acids is 1. The first-order valence-corrected chi connectivity index (χ1v) is 12.9. The molecule has 0 radical (unpaired) electrons. The van der Waals surface area contributed by atoms with Crippen molar-refractivity contribution in [2.75, 3.05) is 19.7 Å². The highest BCUT2D eigenvalue weighted by Gasteiger charge is 2.53. The summed E-state index contributed by atoms with van der Waals surface area (Å²) in [5.41, 5.74) is 0.855. The molecule has 1 amide bonds. The van der Waals surface area contributed by atoms with Gasteiger partial charge in [0.2, 0.25) is 5.91 Å². The SMILES string of the molecule is CCC([C@H]1CNCCO1)N1C(=O)[C@@](C)(CC(=O)O)C[C@H](c2cccc(Cl)c2)[C@H]1c1ccc(Cl)cc1.